The molecule has 0 radical (unpaired) electrons. The van der Waals surface area contributed by atoms with Gasteiger partial charge in [0, 0.05) is 17.9 Å². The van der Waals surface area contributed by atoms with Crippen LogP contribution in [0.4, 0.5) is 4.39 Å². The van der Waals surface area contributed by atoms with Gasteiger partial charge in [0.05, 0.1) is 6.42 Å². The zero-order valence-corrected chi connectivity index (χ0v) is 21.7. The number of aromatic nitrogens is 1. The van der Waals surface area contributed by atoms with E-state index in [2.05, 4.69) is 38.1 Å². The SMILES string of the molecule is Cc1ccc(-c2c(CC(=O)OCc3ccc(F)cc3)c(C)nc(CC(C)C)c2CN)cc1.Cl.Cl. The minimum absolute atomic E-state index is 0. The van der Waals surface area contributed by atoms with Crippen molar-refractivity contribution >= 4 is 30.8 Å². The number of aryl methyl sites for hydroxylation is 2. The molecule has 3 rings (SSSR count). The lowest BCUT2D eigenvalue weighted by Crippen LogP contribution is -2.16. The second kappa shape index (κ2) is 13.4. The van der Waals surface area contributed by atoms with Crippen LogP contribution in [0.1, 0.15) is 47.5 Å². The first-order valence-electron chi connectivity index (χ1n) is 11.0. The Hall–Kier alpha value is -2.47. The van der Waals surface area contributed by atoms with Gasteiger partial charge in [-0.3, -0.25) is 9.78 Å². The predicted octanol–water partition coefficient (Wildman–Crippen LogP) is 6.29. The molecule has 2 aromatic carbocycles. The Morgan fingerprint density at radius 2 is 1.62 bits per heavy atom. The zero-order chi connectivity index (χ0) is 23.3. The fourth-order valence-electron chi connectivity index (χ4n) is 3.84. The maximum Gasteiger partial charge on any atom is 0.310 e. The lowest BCUT2D eigenvalue weighted by atomic mass is 9.88. The number of carbonyl (C=O) groups is 1. The lowest BCUT2D eigenvalue weighted by molar-refractivity contribution is -0.144. The van der Waals surface area contributed by atoms with Gasteiger partial charge in [0.15, 0.2) is 0 Å². The Bertz CT molecular complexity index is 1090. The highest BCUT2D eigenvalue weighted by atomic mass is 35.5. The van der Waals surface area contributed by atoms with Crippen LogP contribution in [0.2, 0.25) is 0 Å². The molecule has 0 atom stereocenters. The highest BCUT2D eigenvalue weighted by Crippen LogP contribution is 2.33. The standard InChI is InChI=1S/C27H31FN2O2.2ClH/c1-17(2)13-25-24(15-29)27(21-9-5-18(3)6-10-21)23(19(4)30-25)14-26(31)32-16-20-7-11-22(28)12-8-20;;/h5-12,17H,13-16,29H2,1-4H3;2*1H. The predicted molar refractivity (Wildman–Crippen MR) is 140 cm³/mol. The third kappa shape index (κ3) is 7.52. The van der Waals surface area contributed by atoms with Crippen molar-refractivity contribution in [1.82, 2.24) is 4.98 Å². The third-order valence-corrected chi connectivity index (χ3v) is 5.47. The van der Waals surface area contributed by atoms with E-state index in [1.807, 2.05) is 13.8 Å². The smallest absolute Gasteiger partial charge is 0.310 e. The quantitative estimate of drug-likeness (QED) is 0.364. The molecule has 1 heterocycles. The van der Waals surface area contributed by atoms with E-state index in [-0.39, 0.29) is 49.6 Å². The molecule has 0 saturated heterocycles. The number of esters is 1. The molecule has 0 fully saturated rings. The number of nitrogens with zero attached hydrogens (tertiary/aromatic N) is 1. The first-order valence-corrected chi connectivity index (χ1v) is 11.0. The summed E-state index contributed by atoms with van der Waals surface area (Å²) in [5, 5.41) is 0. The Morgan fingerprint density at radius 3 is 2.18 bits per heavy atom. The molecular formula is C27H33Cl2FN2O2. The molecule has 0 bridgehead atoms. The van der Waals surface area contributed by atoms with Gasteiger partial charge >= 0.3 is 5.97 Å². The van der Waals surface area contributed by atoms with E-state index in [1.54, 1.807) is 12.1 Å². The van der Waals surface area contributed by atoms with E-state index in [0.717, 1.165) is 51.2 Å². The number of hydrogen-bond donors (Lipinski definition) is 1. The van der Waals surface area contributed by atoms with Gasteiger partial charge in [-0.2, -0.15) is 0 Å². The first kappa shape index (κ1) is 29.6. The Labute approximate surface area is 214 Å². The summed E-state index contributed by atoms with van der Waals surface area (Å²) in [7, 11) is 0. The number of hydrogen-bond acceptors (Lipinski definition) is 4. The molecule has 0 aliphatic carbocycles. The van der Waals surface area contributed by atoms with Gasteiger partial charge in [-0.05, 0) is 66.1 Å². The monoisotopic (exact) mass is 506 g/mol. The van der Waals surface area contributed by atoms with Crippen LogP contribution in [0.3, 0.4) is 0 Å². The van der Waals surface area contributed by atoms with Crippen LogP contribution < -0.4 is 5.73 Å². The van der Waals surface area contributed by atoms with Gasteiger partial charge in [-0.25, -0.2) is 4.39 Å². The van der Waals surface area contributed by atoms with Crippen LogP contribution in [0.5, 0.6) is 0 Å². The van der Waals surface area contributed by atoms with Crippen LogP contribution in [-0.2, 0) is 35.5 Å². The van der Waals surface area contributed by atoms with E-state index in [9.17, 15) is 9.18 Å². The number of carbonyl (C=O) groups excluding carboxylic acids is 1. The summed E-state index contributed by atoms with van der Waals surface area (Å²) in [5.74, 6) is -0.239. The van der Waals surface area contributed by atoms with Crippen molar-refractivity contribution in [3.63, 3.8) is 0 Å². The Balaban J connectivity index is 0.00000289. The maximum absolute atomic E-state index is 13.1. The molecule has 1 aromatic heterocycles. The molecule has 0 aliphatic rings. The summed E-state index contributed by atoms with van der Waals surface area (Å²) in [5.41, 5.74) is 13.7. The molecule has 7 heteroatoms. The Kier molecular flexibility index (Phi) is 11.7. The Morgan fingerprint density at radius 1 is 1.00 bits per heavy atom. The fourth-order valence-corrected chi connectivity index (χ4v) is 3.84. The molecule has 184 valence electrons. The van der Waals surface area contributed by atoms with E-state index in [1.165, 1.54) is 12.1 Å². The molecule has 2 N–H and O–H groups in total. The summed E-state index contributed by atoms with van der Waals surface area (Å²) in [4.78, 5) is 17.6. The highest BCUT2D eigenvalue weighted by molar-refractivity contribution is 5.85. The summed E-state index contributed by atoms with van der Waals surface area (Å²) >= 11 is 0. The number of benzene rings is 2. The van der Waals surface area contributed by atoms with Gasteiger partial charge in [-0.15, -0.1) is 24.8 Å². The van der Waals surface area contributed by atoms with Crippen molar-refractivity contribution in [2.75, 3.05) is 0 Å². The molecule has 34 heavy (non-hydrogen) atoms. The number of nitrogens with two attached hydrogens (primary N) is 1. The van der Waals surface area contributed by atoms with Crippen molar-refractivity contribution in [1.29, 1.82) is 0 Å². The van der Waals surface area contributed by atoms with Crippen molar-refractivity contribution in [2.24, 2.45) is 11.7 Å². The normalized spacial score (nSPS) is 10.4. The van der Waals surface area contributed by atoms with Crippen LogP contribution in [0.15, 0.2) is 48.5 Å². The largest absolute Gasteiger partial charge is 0.461 e. The summed E-state index contributed by atoms with van der Waals surface area (Å²) in [6.07, 6.45) is 0.916. The van der Waals surface area contributed by atoms with E-state index < -0.39 is 0 Å². The molecule has 0 aliphatic heterocycles. The molecule has 3 aromatic rings. The van der Waals surface area contributed by atoms with Crippen molar-refractivity contribution in [3.8, 4) is 11.1 Å². The van der Waals surface area contributed by atoms with Crippen LogP contribution in [0, 0.1) is 25.6 Å². The number of halogens is 3. The zero-order valence-electron chi connectivity index (χ0n) is 20.1. The van der Waals surface area contributed by atoms with Crippen LogP contribution >= 0.6 is 24.8 Å². The summed E-state index contributed by atoms with van der Waals surface area (Å²) in [6, 6.07) is 14.2. The molecule has 0 spiro atoms. The minimum Gasteiger partial charge on any atom is -0.461 e. The van der Waals surface area contributed by atoms with Gasteiger partial charge in [0.2, 0.25) is 0 Å². The molecule has 0 unspecified atom stereocenters. The van der Waals surface area contributed by atoms with E-state index in [4.69, 9.17) is 15.5 Å². The van der Waals surface area contributed by atoms with Crippen LogP contribution in [0.25, 0.3) is 11.1 Å². The number of rotatable bonds is 8. The third-order valence-electron chi connectivity index (χ3n) is 5.47. The average Bonchev–Trinajstić information content (AvgIpc) is 2.75. The maximum atomic E-state index is 13.1. The highest BCUT2D eigenvalue weighted by Gasteiger charge is 2.21. The van der Waals surface area contributed by atoms with Crippen LogP contribution in [-0.4, -0.2) is 11.0 Å². The van der Waals surface area contributed by atoms with Crippen molar-refractivity contribution in [2.45, 2.75) is 53.7 Å². The van der Waals surface area contributed by atoms with E-state index in [0.29, 0.717) is 12.5 Å². The second-order valence-corrected chi connectivity index (χ2v) is 8.61. The van der Waals surface area contributed by atoms with Gasteiger partial charge < -0.3 is 10.5 Å². The van der Waals surface area contributed by atoms with Crippen molar-refractivity contribution < 1.29 is 13.9 Å². The molecule has 0 amide bonds. The van der Waals surface area contributed by atoms with Gasteiger partial charge in [-0.1, -0.05) is 55.8 Å². The minimum atomic E-state index is -0.354. The molecule has 4 nitrogen and oxygen atoms in total. The lowest BCUT2D eigenvalue weighted by Gasteiger charge is -2.21. The topological polar surface area (TPSA) is 65.2 Å². The fraction of sp³-hybridized carbons (Fsp3) is 0.333. The van der Waals surface area contributed by atoms with Gasteiger partial charge in [0.1, 0.15) is 12.4 Å². The number of pyridine rings is 1. The molecule has 0 saturated carbocycles. The number of ether oxygens (including phenoxy) is 1. The van der Waals surface area contributed by atoms with E-state index >= 15 is 0 Å². The second-order valence-electron chi connectivity index (χ2n) is 8.61. The van der Waals surface area contributed by atoms with Crippen molar-refractivity contribution in [3.05, 3.63) is 88.0 Å². The molecular weight excluding hydrogens is 474 g/mol. The first-order chi connectivity index (χ1) is 15.3. The average molecular weight is 507 g/mol. The van der Waals surface area contributed by atoms with Gasteiger partial charge in [0.25, 0.3) is 0 Å². The summed E-state index contributed by atoms with van der Waals surface area (Å²) in [6.45, 7) is 8.73. The summed E-state index contributed by atoms with van der Waals surface area (Å²) < 4.78 is 18.6.